The molecule has 0 fully saturated rings. The van der Waals surface area contributed by atoms with Gasteiger partial charge in [-0.25, -0.2) is 9.59 Å². The molecule has 0 saturated heterocycles. The molecule has 2 rings (SSSR count). The van der Waals surface area contributed by atoms with Crippen molar-refractivity contribution in [1.82, 2.24) is 0 Å². The summed E-state index contributed by atoms with van der Waals surface area (Å²) in [6, 6.07) is 8.69. The van der Waals surface area contributed by atoms with Crippen molar-refractivity contribution in [3.63, 3.8) is 0 Å². The normalized spacial score (nSPS) is 9.85. The zero-order chi connectivity index (χ0) is 20.0. The van der Waals surface area contributed by atoms with Crippen LogP contribution in [0.1, 0.15) is 31.2 Å². The summed E-state index contributed by atoms with van der Waals surface area (Å²) in [7, 11) is 2.45. The Kier molecular flexibility index (Phi) is 6.51. The second-order valence-electron chi connectivity index (χ2n) is 5.34. The Hall–Kier alpha value is -3.38. The lowest BCUT2D eigenvalue weighted by Gasteiger charge is -2.08. The molecular formula is C18H17N3O5S. The number of thiophene rings is 1. The van der Waals surface area contributed by atoms with Gasteiger partial charge in [0.25, 0.3) is 0 Å². The van der Waals surface area contributed by atoms with E-state index in [1.807, 2.05) is 6.07 Å². The average molecular weight is 387 g/mol. The third kappa shape index (κ3) is 4.62. The summed E-state index contributed by atoms with van der Waals surface area (Å²) in [6.07, 6.45) is 0. The molecular weight excluding hydrogens is 370 g/mol. The van der Waals surface area contributed by atoms with Gasteiger partial charge in [-0.3, -0.25) is 4.79 Å². The zero-order valence-corrected chi connectivity index (χ0v) is 15.7. The summed E-state index contributed by atoms with van der Waals surface area (Å²) in [6.45, 7) is 1.48. The molecule has 2 N–H and O–H groups in total. The molecule has 0 unspecified atom stereocenters. The van der Waals surface area contributed by atoms with Crippen LogP contribution in [0.5, 0.6) is 0 Å². The summed E-state index contributed by atoms with van der Waals surface area (Å²) < 4.78 is 9.44. The van der Waals surface area contributed by atoms with Crippen LogP contribution >= 0.6 is 11.3 Å². The van der Waals surface area contributed by atoms with Crippen molar-refractivity contribution in [2.75, 3.05) is 31.4 Å². The van der Waals surface area contributed by atoms with E-state index in [2.05, 4.69) is 10.6 Å². The van der Waals surface area contributed by atoms with Crippen LogP contribution < -0.4 is 10.6 Å². The Morgan fingerprint density at radius 2 is 1.89 bits per heavy atom. The van der Waals surface area contributed by atoms with E-state index in [0.717, 1.165) is 11.3 Å². The van der Waals surface area contributed by atoms with Gasteiger partial charge in [-0.15, -0.1) is 11.3 Å². The second-order valence-corrected chi connectivity index (χ2v) is 6.36. The molecule has 1 aromatic heterocycles. The van der Waals surface area contributed by atoms with E-state index < -0.39 is 17.8 Å². The second kappa shape index (κ2) is 8.82. The molecule has 0 spiro atoms. The van der Waals surface area contributed by atoms with Gasteiger partial charge < -0.3 is 20.1 Å². The number of rotatable bonds is 6. The molecule has 0 bridgehead atoms. The monoisotopic (exact) mass is 387 g/mol. The molecule has 9 heteroatoms. The lowest BCUT2D eigenvalue weighted by Crippen LogP contribution is -2.22. The first-order chi connectivity index (χ1) is 12.9. The maximum absolute atomic E-state index is 12.3. The van der Waals surface area contributed by atoms with E-state index in [9.17, 15) is 14.4 Å². The van der Waals surface area contributed by atoms with E-state index in [1.165, 1.54) is 14.2 Å². The van der Waals surface area contributed by atoms with Gasteiger partial charge in [0, 0.05) is 5.69 Å². The van der Waals surface area contributed by atoms with Crippen molar-refractivity contribution in [3.05, 3.63) is 45.8 Å². The van der Waals surface area contributed by atoms with E-state index in [-0.39, 0.29) is 22.0 Å². The average Bonchev–Trinajstić information content (AvgIpc) is 3.01. The van der Waals surface area contributed by atoms with E-state index in [1.54, 1.807) is 31.2 Å². The first kappa shape index (κ1) is 19.9. The minimum Gasteiger partial charge on any atom is -0.465 e. The lowest BCUT2D eigenvalue weighted by molar-refractivity contribution is -0.114. The van der Waals surface area contributed by atoms with Crippen LogP contribution in [0.3, 0.4) is 0 Å². The van der Waals surface area contributed by atoms with Crippen LogP contribution in [-0.2, 0) is 14.3 Å². The van der Waals surface area contributed by atoms with Crippen molar-refractivity contribution < 1.29 is 23.9 Å². The van der Waals surface area contributed by atoms with Gasteiger partial charge in [-0.2, -0.15) is 5.26 Å². The maximum atomic E-state index is 12.3. The number of nitrogens with one attached hydrogen (secondary N) is 2. The number of anilines is 2. The Morgan fingerprint density at radius 1 is 1.19 bits per heavy atom. The number of amides is 1. The number of nitrogens with zero attached hydrogens (tertiary/aromatic N) is 1. The fourth-order valence-electron chi connectivity index (χ4n) is 2.29. The summed E-state index contributed by atoms with van der Waals surface area (Å²) in [4.78, 5) is 36.4. The Bertz CT molecular complexity index is 930. The van der Waals surface area contributed by atoms with Crippen molar-refractivity contribution >= 4 is 39.9 Å². The third-order valence-electron chi connectivity index (χ3n) is 3.60. The largest absolute Gasteiger partial charge is 0.465 e. The first-order valence-corrected chi connectivity index (χ1v) is 8.56. The van der Waals surface area contributed by atoms with E-state index >= 15 is 0 Å². The number of nitriles is 1. The SMILES string of the molecule is COC(=O)c1sc(NC(=O)CNc2cccc(C#N)c2)c(C(=O)OC)c1C. The van der Waals surface area contributed by atoms with Gasteiger partial charge in [0.15, 0.2) is 0 Å². The lowest BCUT2D eigenvalue weighted by atomic mass is 10.1. The summed E-state index contributed by atoms with van der Waals surface area (Å²) in [5, 5.41) is 14.6. The van der Waals surface area contributed by atoms with E-state index in [0.29, 0.717) is 16.8 Å². The first-order valence-electron chi connectivity index (χ1n) is 7.75. The summed E-state index contributed by atoms with van der Waals surface area (Å²) in [5.74, 6) is -1.70. The van der Waals surface area contributed by atoms with Crippen molar-refractivity contribution in [2.45, 2.75) is 6.92 Å². The highest BCUT2D eigenvalue weighted by Crippen LogP contribution is 2.34. The van der Waals surface area contributed by atoms with Crippen LogP contribution in [0, 0.1) is 18.3 Å². The molecule has 1 amide bonds. The summed E-state index contributed by atoms with van der Waals surface area (Å²) in [5.41, 5.74) is 1.56. The topological polar surface area (TPSA) is 118 Å². The molecule has 27 heavy (non-hydrogen) atoms. The van der Waals surface area contributed by atoms with E-state index in [4.69, 9.17) is 14.7 Å². The molecule has 0 saturated carbocycles. The van der Waals surface area contributed by atoms with Gasteiger partial charge >= 0.3 is 11.9 Å². The quantitative estimate of drug-likeness (QED) is 0.731. The van der Waals surface area contributed by atoms with Crippen LogP contribution in [-0.4, -0.2) is 38.6 Å². The van der Waals surface area contributed by atoms with Crippen molar-refractivity contribution in [1.29, 1.82) is 5.26 Å². The van der Waals surface area contributed by atoms with Gasteiger partial charge in [0.1, 0.15) is 9.88 Å². The van der Waals surface area contributed by atoms with Crippen molar-refractivity contribution in [3.8, 4) is 6.07 Å². The number of hydrogen-bond donors (Lipinski definition) is 2. The molecule has 1 aromatic carbocycles. The minimum absolute atomic E-state index is 0.0972. The number of carbonyl (C=O) groups excluding carboxylic acids is 3. The summed E-state index contributed by atoms with van der Waals surface area (Å²) >= 11 is 0.940. The highest BCUT2D eigenvalue weighted by molar-refractivity contribution is 7.18. The number of hydrogen-bond acceptors (Lipinski definition) is 8. The standard InChI is InChI=1S/C18H17N3O5S/c1-10-14(17(23)25-2)16(27-15(10)18(24)26-3)21-13(22)9-20-12-6-4-5-11(7-12)8-19/h4-7,20H,9H2,1-3H3,(H,21,22). The molecule has 0 atom stereocenters. The number of carbonyl (C=O) groups is 3. The Labute approximate surface area is 159 Å². The Balaban J connectivity index is 2.17. The van der Waals surface area contributed by atoms with Crippen LogP contribution in [0.2, 0.25) is 0 Å². The van der Waals surface area contributed by atoms with Gasteiger partial charge in [0.05, 0.1) is 38.0 Å². The fourth-order valence-corrected chi connectivity index (χ4v) is 3.42. The van der Waals surface area contributed by atoms with Crippen LogP contribution in [0.15, 0.2) is 24.3 Å². The predicted molar refractivity (Wildman–Crippen MR) is 100 cm³/mol. The molecule has 140 valence electrons. The van der Waals surface area contributed by atoms with Crippen LogP contribution in [0.25, 0.3) is 0 Å². The molecule has 8 nitrogen and oxygen atoms in total. The molecule has 0 aliphatic heterocycles. The zero-order valence-electron chi connectivity index (χ0n) is 14.9. The van der Waals surface area contributed by atoms with Gasteiger partial charge in [-0.05, 0) is 30.7 Å². The number of methoxy groups -OCH3 is 2. The Morgan fingerprint density at radius 3 is 2.52 bits per heavy atom. The third-order valence-corrected chi connectivity index (χ3v) is 4.79. The minimum atomic E-state index is -0.663. The molecule has 0 aliphatic carbocycles. The van der Waals surface area contributed by atoms with Gasteiger partial charge in [-0.1, -0.05) is 6.07 Å². The predicted octanol–water partition coefficient (Wildman–Crippen LogP) is 2.55. The van der Waals surface area contributed by atoms with Crippen LogP contribution in [0.4, 0.5) is 10.7 Å². The van der Waals surface area contributed by atoms with Crippen molar-refractivity contribution in [2.24, 2.45) is 0 Å². The molecule has 0 radical (unpaired) electrons. The maximum Gasteiger partial charge on any atom is 0.348 e. The molecule has 2 aromatic rings. The number of ether oxygens (including phenoxy) is 2. The highest BCUT2D eigenvalue weighted by atomic mass is 32.1. The molecule has 1 heterocycles. The smallest absolute Gasteiger partial charge is 0.348 e. The molecule has 0 aliphatic rings. The van der Waals surface area contributed by atoms with Gasteiger partial charge in [0.2, 0.25) is 5.91 Å². The number of benzene rings is 1. The highest BCUT2D eigenvalue weighted by Gasteiger charge is 2.26. The number of esters is 2. The fraction of sp³-hybridized carbons (Fsp3) is 0.222.